The summed E-state index contributed by atoms with van der Waals surface area (Å²) in [5, 5.41) is 11.6. The Morgan fingerprint density at radius 1 is 1.00 bits per heavy atom. The molecule has 0 spiro atoms. The highest BCUT2D eigenvalue weighted by molar-refractivity contribution is 5.82. The van der Waals surface area contributed by atoms with Crippen LogP contribution in [-0.4, -0.2) is 5.11 Å². The van der Waals surface area contributed by atoms with Gasteiger partial charge in [0.2, 0.25) is 0 Å². The molecular formula is C19H20O2. The van der Waals surface area contributed by atoms with Gasteiger partial charge in [-0.05, 0) is 30.5 Å². The fraction of sp³-hybridized carbons (Fsp3) is 0.263. The molecule has 3 rings (SSSR count). The summed E-state index contributed by atoms with van der Waals surface area (Å²) in [4.78, 5) is 0. The van der Waals surface area contributed by atoms with Gasteiger partial charge in [-0.3, -0.25) is 0 Å². The van der Waals surface area contributed by atoms with Gasteiger partial charge in [0.25, 0.3) is 0 Å². The maximum absolute atomic E-state index is 10.6. The van der Waals surface area contributed by atoms with E-state index in [4.69, 9.17) is 4.42 Å². The van der Waals surface area contributed by atoms with E-state index < -0.39 is 6.10 Å². The van der Waals surface area contributed by atoms with Crippen LogP contribution in [0.3, 0.4) is 0 Å². The average Bonchev–Trinajstić information content (AvgIpc) is 2.83. The number of hydrogen-bond donors (Lipinski definition) is 1. The summed E-state index contributed by atoms with van der Waals surface area (Å²) < 4.78 is 5.73. The Kier molecular flexibility index (Phi) is 3.80. The molecule has 0 fully saturated rings. The highest BCUT2D eigenvalue weighted by Crippen LogP contribution is 2.32. The molecule has 0 aliphatic rings. The van der Waals surface area contributed by atoms with Crippen molar-refractivity contribution in [1.82, 2.24) is 0 Å². The Morgan fingerprint density at radius 3 is 2.38 bits per heavy atom. The fourth-order valence-corrected chi connectivity index (χ4v) is 2.84. The largest absolute Gasteiger partial charge is 0.461 e. The summed E-state index contributed by atoms with van der Waals surface area (Å²) >= 11 is 0. The molecule has 108 valence electrons. The Morgan fingerprint density at radius 2 is 1.67 bits per heavy atom. The van der Waals surface area contributed by atoms with E-state index in [-0.39, 0.29) is 0 Å². The second-order valence-corrected chi connectivity index (χ2v) is 5.46. The van der Waals surface area contributed by atoms with Crippen LogP contribution in [0.2, 0.25) is 0 Å². The maximum Gasteiger partial charge on any atom is 0.134 e. The maximum atomic E-state index is 10.6. The van der Waals surface area contributed by atoms with Gasteiger partial charge in [-0.2, -0.15) is 0 Å². The summed E-state index contributed by atoms with van der Waals surface area (Å²) in [5.41, 5.74) is 4.21. The topological polar surface area (TPSA) is 33.4 Å². The van der Waals surface area contributed by atoms with Gasteiger partial charge in [-0.25, -0.2) is 0 Å². The third-order valence-corrected chi connectivity index (χ3v) is 4.01. The number of aryl methyl sites for hydroxylation is 2. The minimum absolute atomic E-state index is 0.541. The molecule has 0 amide bonds. The van der Waals surface area contributed by atoms with Crippen LogP contribution >= 0.6 is 0 Å². The van der Waals surface area contributed by atoms with Crippen molar-refractivity contribution >= 4 is 11.0 Å². The van der Waals surface area contributed by atoms with Crippen LogP contribution in [0, 0.1) is 6.92 Å². The van der Waals surface area contributed by atoms with E-state index >= 15 is 0 Å². The second-order valence-electron chi connectivity index (χ2n) is 5.46. The first-order valence-corrected chi connectivity index (χ1v) is 7.43. The predicted molar refractivity (Wildman–Crippen MR) is 85.4 cm³/mol. The molecule has 0 bridgehead atoms. The Labute approximate surface area is 125 Å². The van der Waals surface area contributed by atoms with Crippen LogP contribution in [0.25, 0.3) is 11.0 Å². The van der Waals surface area contributed by atoms with Gasteiger partial charge in [0.05, 0.1) is 6.10 Å². The molecule has 0 aliphatic heterocycles. The van der Waals surface area contributed by atoms with E-state index in [1.807, 2.05) is 31.2 Å². The third kappa shape index (κ3) is 2.72. The molecule has 2 heteroatoms. The molecule has 0 aliphatic carbocycles. The lowest BCUT2D eigenvalue weighted by Crippen LogP contribution is -2.02. The van der Waals surface area contributed by atoms with E-state index in [0.717, 1.165) is 34.3 Å². The van der Waals surface area contributed by atoms with Gasteiger partial charge in [0, 0.05) is 17.4 Å². The summed E-state index contributed by atoms with van der Waals surface area (Å²) in [6.07, 6.45) is 1.10. The highest BCUT2D eigenvalue weighted by atomic mass is 16.3. The quantitative estimate of drug-likeness (QED) is 0.759. The van der Waals surface area contributed by atoms with Crippen molar-refractivity contribution in [3.63, 3.8) is 0 Å². The normalized spacial score (nSPS) is 12.7. The zero-order chi connectivity index (χ0) is 14.8. The third-order valence-electron chi connectivity index (χ3n) is 4.01. The lowest BCUT2D eigenvalue weighted by molar-refractivity contribution is 0.177. The molecule has 1 N–H and O–H groups in total. The molecule has 1 atom stereocenters. The summed E-state index contributed by atoms with van der Waals surface area (Å²) in [5.74, 6) is 0.800. The van der Waals surface area contributed by atoms with Gasteiger partial charge in [0.1, 0.15) is 11.3 Å². The zero-order valence-electron chi connectivity index (χ0n) is 12.5. The van der Waals surface area contributed by atoms with Crippen LogP contribution in [0.5, 0.6) is 0 Å². The van der Waals surface area contributed by atoms with Crippen molar-refractivity contribution in [3.05, 3.63) is 71.0 Å². The van der Waals surface area contributed by atoms with Gasteiger partial charge in [-0.1, -0.05) is 49.4 Å². The van der Waals surface area contributed by atoms with Crippen LogP contribution < -0.4 is 0 Å². The lowest BCUT2D eigenvalue weighted by atomic mass is 9.98. The molecule has 0 saturated carbocycles. The first kappa shape index (κ1) is 13.9. The SMILES string of the molecule is CCc1ccc(CC(O)c2c(C)oc3ccccc23)cc1. The monoisotopic (exact) mass is 280 g/mol. The second kappa shape index (κ2) is 5.74. The number of furan rings is 1. The molecule has 1 unspecified atom stereocenters. The molecule has 2 nitrogen and oxygen atoms in total. The number of benzene rings is 2. The van der Waals surface area contributed by atoms with Crippen molar-refractivity contribution in [1.29, 1.82) is 0 Å². The van der Waals surface area contributed by atoms with Crippen LogP contribution in [0.15, 0.2) is 52.9 Å². The van der Waals surface area contributed by atoms with E-state index in [0.29, 0.717) is 6.42 Å². The average molecular weight is 280 g/mol. The molecule has 0 saturated heterocycles. The van der Waals surface area contributed by atoms with Crippen LogP contribution in [-0.2, 0) is 12.8 Å². The fourth-order valence-electron chi connectivity index (χ4n) is 2.84. The lowest BCUT2D eigenvalue weighted by Gasteiger charge is -2.11. The standard InChI is InChI=1S/C19H20O2/c1-3-14-8-10-15(11-9-14)12-17(20)19-13(2)21-18-7-5-4-6-16(18)19/h4-11,17,20H,3,12H2,1-2H3. The minimum atomic E-state index is -0.541. The van der Waals surface area contributed by atoms with Crippen molar-refractivity contribution in [2.45, 2.75) is 32.8 Å². The number of rotatable bonds is 4. The highest BCUT2D eigenvalue weighted by Gasteiger charge is 2.18. The Bertz CT molecular complexity index is 738. The van der Waals surface area contributed by atoms with Crippen LogP contribution in [0.1, 0.15) is 35.5 Å². The first-order chi connectivity index (χ1) is 10.2. The Balaban J connectivity index is 1.89. The van der Waals surface area contributed by atoms with E-state index in [1.54, 1.807) is 0 Å². The summed E-state index contributed by atoms with van der Waals surface area (Å²) in [6.45, 7) is 4.06. The number of aliphatic hydroxyl groups excluding tert-OH is 1. The molecule has 21 heavy (non-hydrogen) atoms. The van der Waals surface area contributed by atoms with Crippen molar-refractivity contribution in [2.75, 3.05) is 0 Å². The summed E-state index contributed by atoms with van der Waals surface area (Å²) in [6, 6.07) is 16.3. The van der Waals surface area contributed by atoms with Gasteiger partial charge < -0.3 is 9.52 Å². The van der Waals surface area contributed by atoms with E-state index in [2.05, 4.69) is 31.2 Å². The molecular weight excluding hydrogens is 260 g/mol. The van der Waals surface area contributed by atoms with E-state index in [9.17, 15) is 5.11 Å². The first-order valence-electron chi connectivity index (χ1n) is 7.43. The minimum Gasteiger partial charge on any atom is -0.461 e. The predicted octanol–water partition coefficient (Wildman–Crippen LogP) is 4.58. The van der Waals surface area contributed by atoms with Gasteiger partial charge in [0.15, 0.2) is 0 Å². The number of hydrogen-bond acceptors (Lipinski definition) is 2. The van der Waals surface area contributed by atoms with Crippen molar-refractivity contribution in [2.24, 2.45) is 0 Å². The number of aliphatic hydroxyl groups is 1. The molecule has 2 aromatic carbocycles. The molecule has 3 aromatic rings. The molecule has 1 aromatic heterocycles. The van der Waals surface area contributed by atoms with Crippen LogP contribution in [0.4, 0.5) is 0 Å². The molecule has 1 heterocycles. The number of para-hydroxylation sites is 1. The van der Waals surface area contributed by atoms with Crippen molar-refractivity contribution in [3.8, 4) is 0 Å². The van der Waals surface area contributed by atoms with Crippen molar-refractivity contribution < 1.29 is 9.52 Å². The Hall–Kier alpha value is -2.06. The number of fused-ring (bicyclic) bond motifs is 1. The van der Waals surface area contributed by atoms with Gasteiger partial charge in [-0.15, -0.1) is 0 Å². The zero-order valence-corrected chi connectivity index (χ0v) is 12.5. The van der Waals surface area contributed by atoms with Gasteiger partial charge >= 0.3 is 0 Å². The smallest absolute Gasteiger partial charge is 0.134 e. The summed E-state index contributed by atoms with van der Waals surface area (Å²) in [7, 11) is 0. The van der Waals surface area contributed by atoms with E-state index in [1.165, 1.54) is 5.56 Å². The molecule has 0 radical (unpaired) electrons.